The zero-order valence-corrected chi connectivity index (χ0v) is 9.70. The lowest BCUT2D eigenvalue weighted by Gasteiger charge is -2.22. The fourth-order valence-electron chi connectivity index (χ4n) is 1.28. The molecule has 0 heterocycles. The van der Waals surface area contributed by atoms with E-state index in [1.54, 1.807) is 7.05 Å². The fraction of sp³-hybridized carbons (Fsp3) is 1.00. The Morgan fingerprint density at radius 1 is 1.07 bits per heavy atom. The third-order valence-electron chi connectivity index (χ3n) is 2.04. The van der Waals surface area contributed by atoms with Gasteiger partial charge in [-0.3, -0.25) is 4.90 Å². The summed E-state index contributed by atoms with van der Waals surface area (Å²) in [6.45, 7) is 9.34. The molecule has 0 aliphatic heterocycles. The number of nitrogens with zero attached hydrogens (tertiary/aromatic N) is 2. The van der Waals surface area contributed by atoms with E-state index in [-0.39, 0.29) is 0 Å². The van der Waals surface area contributed by atoms with Crippen LogP contribution in [-0.4, -0.2) is 61.6 Å². The average Bonchev–Trinajstić information content (AvgIpc) is 2.14. The summed E-state index contributed by atoms with van der Waals surface area (Å²) in [6, 6.07) is 0. The third-order valence-corrected chi connectivity index (χ3v) is 2.04. The first kappa shape index (κ1) is 13.8. The molecule has 0 saturated carbocycles. The van der Waals surface area contributed by atoms with Crippen molar-refractivity contribution >= 4 is 0 Å². The SMILES string of the molecule is CCCN(CCOCC)CCN(C)O. The molecule has 0 bridgehead atoms. The van der Waals surface area contributed by atoms with Gasteiger partial charge in [0.05, 0.1) is 6.61 Å². The maximum atomic E-state index is 9.02. The molecule has 86 valence electrons. The molecular weight excluding hydrogens is 180 g/mol. The highest BCUT2D eigenvalue weighted by molar-refractivity contribution is 4.57. The Morgan fingerprint density at radius 2 is 1.79 bits per heavy atom. The molecule has 0 unspecified atom stereocenters. The zero-order valence-electron chi connectivity index (χ0n) is 9.70. The molecular formula is C10H24N2O2. The maximum absolute atomic E-state index is 9.02. The fourth-order valence-corrected chi connectivity index (χ4v) is 1.28. The van der Waals surface area contributed by atoms with Crippen LogP contribution in [0.2, 0.25) is 0 Å². The molecule has 0 amide bonds. The first-order valence-corrected chi connectivity index (χ1v) is 5.40. The lowest BCUT2D eigenvalue weighted by atomic mass is 10.4. The van der Waals surface area contributed by atoms with Gasteiger partial charge in [0, 0.05) is 33.3 Å². The molecule has 0 aromatic carbocycles. The highest BCUT2D eigenvalue weighted by Gasteiger charge is 2.04. The van der Waals surface area contributed by atoms with Gasteiger partial charge in [-0.05, 0) is 19.9 Å². The number of rotatable bonds is 9. The van der Waals surface area contributed by atoms with E-state index in [9.17, 15) is 0 Å². The highest BCUT2D eigenvalue weighted by atomic mass is 16.5. The Hall–Kier alpha value is -0.160. The lowest BCUT2D eigenvalue weighted by Crippen LogP contribution is -2.34. The van der Waals surface area contributed by atoms with Crippen molar-refractivity contribution < 1.29 is 9.94 Å². The van der Waals surface area contributed by atoms with Crippen molar-refractivity contribution in [3.63, 3.8) is 0 Å². The summed E-state index contributed by atoms with van der Waals surface area (Å²) in [5.41, 5.74) is 0. The van der Waals surface area contributed by atoms with Crippen LogP contribution in [0.5, 0.6) is 0 Å². The largest absolute Gasteiger partial charge is 0.380 e. The third kappa shape index (κ3) is 8.44. The molecule has 0 aliphatic rings. The quantitative estimate of drug-likeness (QED) is 0.450. The molecule has 4 nitrogen and oxygen atoms in total. The zero-order chi connectivity index (χ0) is 10.8. The molecule has 0 aromatic heterocycles. The van der Waals surface area contributed by atoms with Crippen LogP contribution in [0.1, 0.15) is 20.3 Å². The van der Waals surface area contributed by atoms with Crippen molar-refractivity contribution in [2.75, 3.05) is 46.4 Å². The minimum Gasteiger partial charge on any atom is -0.380 e. The maximum Gasteiger partial charge on any atom is 0.0593 e. The van der Waals surface area contributed by atoms with E-state index >= 15 is 0 Å². The van der Waals surface area contributed by atoms with Crippen molar-refractivity contribution in [3.8, 4) is 0 Å². The van der Waals surface area contributed by atoms with Crippen LogP contribution in [0, 0.1) is 0 Å². The molecule has 0 atom stereocenters. The Labute approximate surface area is 87.4 Å². The second-order valence-corrected chi connectivity index (χ2v) is 3.42. The van der Waals surface area contributed by atoms with Crippen molar-refractivity contribution in [1.82, 2.24) is 9.96 Å². The first-order valence-electron chi connectivity index (χ1n) is 5.40. The topological polar surface area (TPSA) is 35.9 Å². The molecule has 0 aromatic rings. The van der Waals surface area contributed by atoms with E-state index in [2.05, 4.69) is 11.8 Å². The second kappa shape index (κ2) is 9.40. The van der Waals surface area contributed by atoms with E-state index < -0.39 is 0 Å². The lowest BCUT2D eigenvalue weighted by molar-refractivity contribution is -0.0702. The van der Waals surface area contributed by atoms with Crippen LogP contribution in [-0.2, 0) is 4.74 Å². The van der Waals surface area contributed by atoms with Crippen LogP contribution < -0.4 is 0 Å². The average molecular weight is 204 g/mol. The van der Waals surface area contributed by atoms with E-state index in [0.29, 0.717) is 6.54 Å². The predicted octanol–water partition coefficient (Wildman–Crippen LogP) is 1.06. The van der Waals surface area contributed by atoms with Gasteiger partial charge in [-0.1, -0.05) is 6.92 Å². The number of likely N-dealkylation sites (N-methyl/N-ethyl adjacent to an activating group) is 1. The predicted molar refractivity (Wildman–Crippen MR) is 57.6 cm³/mol. The molecule has 14 heavy (non-hydrogen) atoms. The smallest absolute Gasteiger partial charge is 0.0593 e. The summed E-state index contributed by atoms with van der Waals surface area (Å²) in [4.78, 5) is 2.31. The molecule has 0 aliphatic carbocycles. The van der Waals surface area contributed by atoms with Crippen LogP contribution in [0.25, 0.3) is 0 Å². The molecule has 0 radical (unpaired) electrons. The van der Waals surface area contributed by atoms with Gasteiger partial charge in [0.2, 0.25) is 0 Å². The van der Waals surface area contributed by atoms with Crippen molar-refractivity contribution in [2.24, 2.45) is 0 Å². The Kier molecular flexibility index (Phi) is 9.29. The van der Waals surface area contributed by atoms with Gasteiger partial charge in [0.1, 0.15) is 0 Å². The van der Waals surface area contributed by atoms with Crippen LogP contribution in [0.4, 0.5) is 0 Å². The van der Waals surface area contributed by atoms with E-state index in [0.717, 1.165) is 39.3 Å². The molecule has 0 saturated heterocycles. The van der Waals surface area contributed by atoms with Crippen molar-refractivity contribution in [3.05, 3.63) is 0 Å². The minimum absolute atomic E-state index is 0.687. The van der Waals surface area contributed by atoms with Gasteiger partial charge in [-0.15, -0.1) is 0 Å². The van der Waals surface area contributed by atoms with Crippen molar-refractivity contribution in [1.29, 1.82) is 0 Å². The van der Waals surface area contributed by atoms with Gasteiger partial charge in [0.15, 0.2) is 0 Å². The number of hydrogen-bond donors (Lipinski definition) is 1. The molecule has 4 heteroatoms. The van der Waals surface area contributed by atoms with Crippen LogP contribution in [0.15, 0.2) is 0 Å². The van der Waals surface area contributed by atoms with Gasteiger partial charge >= 0.3 is 0 Å². The number of hydroxylamine groups is 2. The number of ether oxygens (including phenoxy) is 1. The van der Waals surface area contributed by atoms with Gasteiger partial charge in [0.25, 0.3) is 0 Å². The highest BCUT2D eigenvalue weighted by Crippen LogP contribution is 1.92. The van der Waals surface area contributed by atoms with Gasteiger partial charge in [-0.2, -0.15) is 5.06 Å². The van der Waals surface area contributed by atoms with Crippen LogP contribution >= 0.6 is 0 Å². The summed E-state index contributed by atoms with van der Waals surface area (Å²) in [6.07, 6.45) is 1.14. The monoisotopic (exact) mass is 204 g/mol. The van der Waals surface area contributed by atoms with Gasteiger partial charge in [-0.25, -0.2) is 0 Å². The summed E-state index contributed by atoms with van der Waals surface area (Å²) < 4.78 is 5.30. The molecule has 1 N–H and O–H groups in total. The van der Waals surface area contributed by atoms with Crippen molar-refractivity contribution in [2.45, 2.75) is 20.3 Å². The normalized spacial score (nSPS) is 11.6. The van der Waals surface area contributed by atoms with Gasteiger partial charge < -0.3 is 9.94 Å². The Balaban J connectivity index is 3.54. The van der Waals surface area contributed by atoms with E-state index in [4.69, 9.17) is 9.94 Å². The number of hydrogen-bond acceptors (Lipinski definition) is 4. The summed E-state index contributed by atoms with van der Waals surface area (Å²) in [5, 5.41) is 10.2. The summed E-state index contributed by atoms with van der Waals surface area (Å²) in [5.74, 6) is 0. The van der Waals surface area contributed by atoms with E-state index in [1.165, 1.54) is 5.06 Å². The summed E-state index contributed by atoms with van der Waals surface area (Å²) >= 11 is 0. The Morgan fingerprint density at radius 3 is 2.29 bits per heavy atom. The standard InChI is InChI=1S/C10H24N2O2/c1-4-6-12(8-7-11(3)13)9-10-14-5-2/h13H,4-10H2,1-3H3. The Bertz CT molecular complexity index is 121. The van der Waals surface area contributed by atoms with E-state index in [1.807, 2.05) is 6.92 Å². The minimum atomic E-state index is 0.687. The molecule has 0 spiro atoms. The molecule has 0 fully saturated rings. The molecule has 0 rings (SSSR count). The first-order chi connectivity index (χ1) is 6.70. The second-order valence-electron chi connectivity index (χ2n) is 3.42. The van der Waals surface area contributed by atoms with Crippen LogP contribution in [0.3, 0.4) is 0 Å². The summed E-state index contributed by atoms with van der Waals surface area (Å²) in [7, 11) is 1.67.